The average Bonchev–Trinajstić information content (AvgIpc) is 2.87. The summed E-state index contributed by atoms with van der Waals surface area (Å²) in [5.74, 6) is 0. The molecule has 4 nitrogen and oxygen atoms in total. The van der Waals surface area contributed by atoms with Gasteiger partial charge in [0, 0.05) is 24.2 Å². The first-order valence-electron chi connectivity index (χ1n) is 7.49. The van der Waals surface area contributed by atoms with Gasteiger partial charge in [0.25, 0.3) is 0 Å². The highest BCUT2D eigenvalue weighted by Gasteiger charge is 2.10. The van der Waals surface area contributed by atoms with Gasteiger partial charge in [-0.2, -0.15) is 5.10 Å². The summed E-state index contributed by atoms with van der Waals surface area (Å²) in [6, 6.07) is 5.94. The van der Waals surface area contributed by atoms with Crippen molar-refractivity contribution < 1.29 is 0 Å². The Kier molecular flexibility index (Phi) is 6.53. The summed E-state index contributed by atoms with van der Waals surface area (Å²) in [5, 5.41) is 4.33. The molecular weight excluding hydrogens is 260 g/mol. The maximum Gasteiger partial charge on any atom is 0.161 e. The number of aromatic nitrogens is 4. The van der Waals surface area contributed by atoms with Crippen molar-refractivity contribution in [3.05, 3.63) is 48.2 Å². The maximum absolute atomic E-state index is 4.57. The van der Waals surface area contributed by atoms with Crippen LogP contribution in [0.5, 0.6) is 0 Å². The van der Waals surface area contributed by atoms with Gasteiger partial charge in [0.05, 0.1) is 11.4 Å². The summed E-state index contributed by atoms with van der Waals surface area (Å²) in [4.78, 5) is 8.60. The van der Waals surface area contributed by atoms with Gasteiger partial charge in [-0.15, -0.1) is 0 Å². The smallest absolute Gasteiger partial charge is 0.161 e. The Labute approximate surface area is 126 Å². The van der Waals surface area contributed by atoms with Crippen molar-refractivity contribution in [1.82, 2.24) is 19.6 Å². The SMILES string of the molecule is CC.CC.Cc1nc2c(-c3ccncc3)ccnn2c1C. The fraction of sp³-hybridized carbons (Fsp3) is 0.353. The van der Waals surface area contributed by atoms with Crippen LogP contribution in [0, 0.1) is 13.8 Å². The van der Waals surface area contributed by atoms with Crippen LogP contribution < -0.4 is 0 Å². The van der Waals surface area contributed by atoms with E-state index >= 15 is 0 Å². The first kappa shape index (κ1) is 16.8. The van der Waals surface area contributed by atoms with Crippen molar-refractivity contribution in [1.29, 1.82) is 0 Å². The predicted molar refractivity (Wildman–Crippen MR) is 88.4 cm³/mol. The van der Waals surface area contributed by atoms with Crippen molar-refractivity contribution in [3.63, 3.8) is 0 Å². The van der Waals surface area contributed by atoms with E-state index in [0.29, 0.717) is 0 Å². The van der Waals surface area contributed by atoms with Crippen LogP contribution >= 0.6 is 0 Å². The second kappa shape index (κ2) is 8.15. The minimum absolute atomic E-state index is 0.897. The van der Waals surface area contributed by atoms with E-state index in [1.54, 1.807) is 18.6 Å². The van der Waals surface area contributed by atoms with Crippen LogP contribution in [-0.2, 0) is 0 Å². The fourth-order valence-corrected chi connectivity index (χ4v) is 1.92. The zero-order valence-electron chi connectivity index (χ0n) is 13.8. The number of nitrogens with zero attached hydrogens (tertiary/aromatic N) is 4. The highest BCUT2D eigenvalue weighted by molar-refractivity contribution is 5.77. The topological polar surface area (TPSA) is 43.1 Å². The van der Waals surface area contributed by atoms with Crippen molar-refractivity contribution in [2.24, 2.45) is 0 Å². The van der Waals surface area contributed by atoms with Crippen LogP contribution in [0.4, 0.5) is 0 Å². The highest BCUT2D eigenvalue weighted by atomic mass is 15.3. The van der Waals surface area contributed by atoms with E-state index in [1.165, 1.54) is 0 Å². The molecule has 0 atom stereocenters. The normalized spacial score (nSPS) is 9.43. The van der Waals surface area contributed by atoms with Crippen molar-refractivity contribution >= 4 is 5.65 Å². The molecule has 0 unspecified atom stereocenters. The Morgan fingerprint density at radius 2 is 1.48 bits per heavy atom. The second-order valence-electron chi connectivity index (χ2n) is 4.00. The molecule has 0 saturated heterocycles. The van der Waals surface area contributed by atoms with Gasteiger partial charge >= 0.3 is 0 Å². The molecule has 3 rings (SSSR count). The zero-order chi connectivity index (χ0) is 15.8. The lowest BCUT2D eigenvalue weighted by atomic mass is 10.1. The lowest BCUT2D eigenvalue weighted by molar-refractivity contribution is 0.896. The lowest BCUT2D eigenvalue weighted by Gasteiger charge is -2.02. The van der Waals surface area contributed by atoms with Crippen molar-refractivity contribution in [2.75, 3.05) is 0 Å². The molecule has 0 bridgehead atoms. The lowest BCUT2D eigenvalue weighted by Crippen LogP contribution is -1.95. The van der Waals surface area contributed by atoms with Crippen LogP contribution in [0.1, 0.15) is 39.1 Å². The van der Waals surface area contributed by atoms with E-state index in [9.17, 15) is 0 Å². The van der Waals surface area contributed by atoms with E-state index in [4.69, 9.17) is 0 Å². The molecule has 3 aromatic rings. The third kappa shape index (κ3) is 3.45. The summed E-state index contributed by atoms with van der Waals surface area (Å²) < 4.78 is 1.88. The molecule has 4 heteroatoms. The first-order valence-corrected chi connectivity index (χ1v) is 7.49. The summed E-state index contributed by atoms with van der Waals surface area (Å²) in [6.07, 6.45) is 5.38. The summed E-state index contributed by atoms with van der Waals surface area (Å²) in [5.41, 5.74) is 5.18. The van der Waals surface area contributed by atoms with E-state index in [-0.39, 0.29) is 0 Å². The second-order valence-corrected chi connectivity index (χ2v) is 4.00. The molecule has 0 aliphatic rings. The van der Waals surface area contributed by atoms with Gasteiger partial charge in [0.1, 0.15) is 0 Å². The Morgan fingerprint density at radius 3 is 2.10 bits per heavy atom. The molecule has 0 N–H and O–H groups in total. The van der Waals surface area contributed by atoms with E-state index < -0.39 is 0 Å². The van der Waals surface area contributed by atoms with Crippen LogP contribution in [0.15, 0.2) is 36.8 Å². The molecule has 0 aliphatic heterocycles. The third-order valence-corrected chi connectivity index (χ3v) is 2.97. The summed E-state index contributed by atoms with van der Waals surface area (Å²) in [7, 11) is 0. The molecule has 112 valence electrons. The predicted octanol–water partition coefficient (Wildman–Crippen LogP) is 4.46. The number of hydrogen-bond donors (Lipinski definition) is 0. The number of hydrogen-bond acceptors (Lipinski definition) is 3. The molecule has 0 amide bonds. The van der Waals surface area contributed by atoms with Crippen LogP contribution in [0.2, 0.25) is 0 Å². The van der Waals surface area contributed by atoms with Gasteiger partial charge in [-0.3, -0.25) is 4.98 Å². The van der Waals surface area contributed by atoms with E-state index in [1.807, 2.05) is 64.3 Å². The van der Waals surface area contributed by atoms with Gasteiger partial charge < -0.3 is 0 Å². The van der Waals surface area contributed by atoms with Gasteiger partial charge in [0.2, 0.25) is 0 Å². The Hall–Kier alpha value is -2.23. The fourth-order valence-electron chi connectivity index (χ4n) is 1.92. The number of rotatable bonds is 1. The third-order valence-electron chi connectivity index (χ3n) is 2.97. The number of imidazole rings is 1. The molecule has 21 heavy (non-hydrogen) atoms. The number of pyridine rings is 1. The minimum atomic E-state index is 0.897. The quantitative estimate of drug-likeness (QED) is 0.662. The maximum atomic E-state index is 4.57. The van der Waals surface area contributed by atoms with Crippen molar-refractivity contribution in [3.8, 4) is 11.1 Å². The van der Waals surface area contributed by atoms with Gasteiger partial charge in [-0.05, 0) is 37.6 Å². The van der Waals surface area contributed by atoms with E-state index in [2.05, 4.69) is 15.1 Å². The van der Waals surface area contributed by atoms with Crippen LogP contribution in [0.25, 0.3) is 16.8 Å². The minimum Gasteiger partial charge on any atom is -0.265 e. The molecule has 3 heterocycles. The van der Waals surface area contributed by atoms with E-state index in [0.717, 1.165) is 28.2 Å². The van der Waals surface area contributed by atoms with Gasteiger partial charge in [-0.1, -0.05) is 27.7 Å². The Bertz CT molecular complexity index is 672. The van der Waals surface area contributed by atoms with Gasteiger partial charge in [-0.25, -0.2) is 9.50 Å². The molecular formula is C17H24N4. The van der Waals surface area contributed by atoms with Gasteiger partial charge in [0.15, 0.2) is 5.65 Å². The molecule has 0 aromatic carbocycles. The first-order chi connectivity index (χ1) is 10.3. The molecule has 0 fully saturated rings. The summed E-state index contributed by atoms with van der Waals surface area (Å²) in [6.45, 7) is 12.0. The summed E-state index contributed by atoms with van der Waals surface area (Å²) >= 11 is 0. The number of fused-ring (bicyclic) bond motifs is 1. The highest BCUT2D eigenvalue weighted by Crippen LogP contribution is 2.23. The molecule has 0 radical (unpaired) electrons. The zero-order valence-corrected chi connectivity index (χ0v) is 13.8. The largest absolute Gasteiger partial charge is 0.265 e. The molecule has 0 aliphatic carbocycles. The van der Waals surface area contributed by atoms with Crippen LogP contribution in [-0.4, -0.2) is 19.6 Å². The van der Waals surface area contributed by atoms with Crippen LogP contribution in [0.3, 0.4) is 0 Å². The molecule has 0 saturated carbocycles. The number of aryl methyl sites for hydroxylation is 2. The average molecular weight is 284 g/mol. The molecule has 3 aromatic heterocycles. The Morgan fingerprint density at radius 1 is 0.857 bits per heavy atom. The Balaban J connectivity index is 0.000000510. The van der Waals surface area contributed by atoms with Crippen molar-refractivity contribution in [2.45, 2.75) is 41.5 Å². The monoisotopic (exact) mass is 284 g/mol. The standard InChI is InChI=1S/C13H12N4.2C2H6/c1-9-10(2)17-13(16-9)12(5-8-15-17)11-3-6-14-7-4-11;2*1-2/h3-8H,1-2H3;2*1-2H3. The molecule has 0 spiro atoms.